The number of halogens is 1. The number of aliphatic hydroxyl groups excluding tert-OH is 1. The molecule has 3 aromatic rings. The number of pyridine rings is 1. The summed E-state index contributed by atoms with van der Waals surface area (Å²) in [6, 6.07) is 16.8. The number of aliphatic carboxylic acids is 1. The molecule has 1 aromatic heterocycles. The maximum atomic E-state index is 12.0. The van der Waals surface area contributed by atoms with Gasteiger partial charge in [-0.1, -0.05) is 81.8 Å². The van der Waals surface area contributed by atoms with Crippen LogP contribution in [0, 0.1) is 22.7 Å². The molecule has 1 aliphatic heterocycles. The van der Waals surface area contributed by atoms with E-state index >= 15 is 0 Å². The number of rotatable bonds is 18. The molecule has 2 heterocycles. The van der Waals surface area contributed by atoms with Crippen LogP contribution < -0.4 is 14.8 Å². The number of β-amino-alcohol motifs (C(OH)–C–C–N with tert-alkyl or cyclic N) is 1. The Labute approximate surface area is 318 Å². The number of carboxylic acids is 1. The number of aliphatic hydroxyl groups is 1. The first-order chi connectivity index (χ1) is 25.4. The van der Waals surface area contributed by atoms with E-state index in [2.05, 4.69) is 59.4 Å². The van der Waals surface area contributed by atoms with Gasteiger partial charge in [0.15, 0.2) is 0 Å². The number of hydrogen-bond acceptors (Lipinski definition) is 9. The smallest absolute Gasteiger partial charge is 0.320 e. The number of carboxylic acid groups (broad SMARTS) is 1. The lowest BCUT2D eigenvalue weighted by Gasteiger charge is -2.47. The minimum absolute atomic E-state index is 0.118. The van der Waals surface area contributed by atoms with Crippen LogP contribution in [-0.2, 0) is 22.7 Å². The third-order valence-electron chi connectivity index (χ3n) is 10.1. The monoisotopic (exact) mass is 742 g/mol. The van der Waals surface area contributed by atoms with Gasteiger partial charge in [0.1, 0.15) is 42.4 Å². The summed E-state index contributed by atoms with van der Waals surface area (Å²) < 4.78 is 19.8. The number of likely N-dealkylation sites (tertiary alicyclic amines) is 1. The van der Waals surface area contributed by atoms with Crippen molar-refractivity contribution in [1.29, 1.82) is 5.26 Å². The Kier molecular flexibility index (Phi) is 13.7. The van der Waals surface area contributed by atoms with Gasteiger partial charge in [0.25, 0.3) is 0 Å². The number of nitrogens with zero attached hydrogens (tertiary/aromatic N) is 3. The Morgan fingerprint density at radius 1 is 1.15 bits per heavy atom. The maximum absolute atomic E-state index is 12.0. The Morgan fingerprint density at radius 3 is 2.64 bits per heavy atom. The van der Waals surface area contributed by atoms with Crippen molar-refractivity contribution in [3.8, 4) is 17.6 Å². The number of nitrogens with one attached hydrogen (secondary N) is 1. The van der Waals surface area contributed by atoms with E-state index in [0.717, 1.165) is 37.1 Å². The van der Waals surface area contributed by atoms with Crippen molar-refractivity contribution in [3.05, 3.63) is 106 Å². The van der Waals surface area contributed by atoms with Gasteiger partial charge in [-0.25, -0.2) is 0 Å². The van der Waals surface area contributed by atoms with E-state index in [1.165, 1.54) is 6.20 Å². The molecule has 282 valence electrons. The first-order valence-corrected chi connectivity index (χ1v) is 18.7. The third kappa shape index (κ3) is 10.3. The van der Waals surface area contributed by atoms with Gasteiger partial charge in [-0.3, -0.25) is 9.78 Å². The quantitative estimate of drug-likeness (QED) is 0.116. The van der Waals surface area contributed by atoms with E-state index in [1.54, 1.807) is 24.4 Å². The van der Waals surface area contributed by atoms with Crippen LogP contribution in [0.15, 0.2) is 79.2 Å². The minimum atomic E-state index is -0.929. The summed E-state index contributed by atoms with van der Waals surface area (Å²) in [5.74, 6) is 0.0953. The molecule has 1 aliphatic carbocycles. The fraction of sp³-hybridized carbons (Fsp3) is 0.452. The molecule has 0 radical (unpaired) electrons. The molecule has 3 N–H and O–H groups in total. The Bertz CT molecular complexity index is 1810. The summed E-state index contributed by atoms with van der Waals surface area (Å²) in [5.41, 5.74) is 2.59. The Hall–Kier alpha value is -4.24. The third-order valence-corrected chi connectivity index (χ3v) is 10.4. The first-order valence-electron chi connectivity index (χ1n) is 18.3. The molecule has 10 nitrogen and oxygen atoms in total. The summed E-state index contributed by atoms with van der Waals surface area (Å²) >= 11 is 6.92. The van der Waals surface area contributed by atoms with Crippen molar-refractivity contribution in [3.63, 3.8) is 0 Å². The Balaban J connectivity index is 1.42. The van der Waals surface area contributed by atoms with Crippen LogP contribution in [0.4, 0.5) is 0 Å². The van der Waals surface area contributed by atoms with Crippen LogP contribution in [0.1, 0.15) is 69.2 Å². The number of carbonyl (C=O) groups is 1. The van der Waals surface area contributed by atoms with Gasteiger partial charge in [0.05, 0.1) is 16.7 Å². The van der Waals surface area contributed by atoms with Crippen LogP contribution in [0.3, 0.4) is 0 Å². The van der Waals surface area contributed by atoms with Crippen molar-refractivity contribution in [2.75, 3.05) is 32.8 Å². The molecule has 0 bridgehead atoms. The van der Waals surface area contributed by atoms with Crippen LogP contribution in [0.25, 0.3) is 5.57 Å². The molecule has 53 heavy (non-hydrogen) atoms. The van der Waals surface area contributed by atoms with E-state index in [-0.39, 0.29) is 31.8 Å². The number of aromatic nitrogens is 1. The van der Waals surface area contributed by atoms with Crippen LogP contribution in [-0.4, -0.2) is 76.7 Å². The van der Waals surface area contributed by atoms with Gasteiger partial charge < -0.3 is 34.6 Å². The zero-order valence-electron chi connectivity index (χ0n) is 31.1. The van der Waals surface area contributed by atoms with Crippen LogP contribution in [0.2, 0.25) is 5.02 Å². The van der Waals surface area contributed by atoms with E-state index in [4.69, 9.17) is 25.8 Å². The van der Waals surface area contributed by atoms with Gasteiger partial charge in [-0.2, -0.15) is 5.26 Å². The highest BCUT2D eigenvalue weighted by molar-refractivity contribution is 6.32. The molecule has 1 fully saturated rings. The van der Waals surface area contributed by atoms with E-state index in [9.17, 15) is 20.3 Å². The lowest BCUT2D eigenvalue weighted by atomic mass is 9.65. The topological polar surface area (TPSA) is 137 Å². The van der Waals surface area contributed by atoms with Crippen molar-refractivity contribution in [2.45, 2.75) is 77.9 Å². The van der Waals surface area contributed by atoms with Crippen molar-refractivity contribution < 1.29 is 29.2 Å². The summed E-state index contributed by atoms with van der Waals surface area (Å²) in [5, 5.41) is 32.7. The second kappa shape index (κ2) is 18.2. The molecule has 11 heteroatoms. The highest BCUT2D eigenvalue weighted by Crippen LogP contribution is 2.49. The highest BCUT2D eigenvalue weighted by Gasteiger charge is 2.49. The second-order valence-electron chi connectivity index (χ2n) is 14.8. The number of ether oxygens (including phenoxy) is 3. The maximum Gasteiger partial charge on any atom is 0.320 e. The summed E-state index contributed by atoms with van der Waals surface area (Å²) in [6.07, 6.45) is 11.1. The zero-order valence-corrected chi connectivity index (χ0v) is 31.8. The van der Waals surface area contributed by atoms with Crippen LogP contribution in [0.5, 0.6) is 11.5 Å². The molecular formula is C42H51ClN4O6. The number of benzene rings is 2. The molecule has 0 spiro atoms. The fourth-order valence-electron chi connectivity index (χ4n) is 6.98. The SMILES string of the molecule is CC(C)CC(NCc1cc(Cl)c(OCC2(OCCCN3CC[C@@H](O)C3)C=CC=C(c3ccccc3)C2(C)C)cc1OCc1cncc(C#N)c1)C(=O)O. The summed E-state index contributed by atoms with van der Waals surface area (Å²) in [6.45, 7) is 11.6. The largest absolute Gasteiger partial charge is 0.488 e. The molecule has 2 unspecified atom stereocenters. The molecule has 5 rings (SSSR count). The standard InChI is InChI=1S/C42H51ClN4O6/c1-29(2)18-37(40(49)50)46-25-33-20-36(43)39(21-38(33)51-27-31-19-30(22-44)23-45-24-31)52-28-42(53-17-9-15-47-16-13-34(48)26-47)14-8-12-35(41(42,3)4)32-10-6-5-7-11-32/h5-8,10-12,14,19-21,23-24,29,34,37,46,48H,9,13,15-18,25-28H2,1-4H3,(H,49,50)/t34-,37?,42?/m1/s1. The first kappa shape index (κ1) is 40.0. The number of hydrogen-bond donors (Lipinski definition) is 3. The minimum Gasteiger partial charge on any atom is -0.488 e. The average Bonchev–Trinajstić information content (AvgIpc) is 3.56. The molecule has 2 aliphatic rings. The lowest BCUT2D eigenvalue weighted by molar-refractivity contribution is -0.140. The summed E-state index contributed by atoms with van der Waals surface area (Å²) in [4.78, 5) is 18.4. The van der Waals surface area contributed by atoms with Crippen molar-refractivity contribution in [1.82, 2.24) is 15.2 Å². The normalized spacial score (nSPS) is 20.2. The lowest BCUT2D eigenvalue weighted by Crippen LogP contribution is -2.52. The van der Waals surface area contributed by atoms with Gasteiger partial charge in [0, 0.05) is 67.8 Å². The number of allylic oxidation sites excluding steroid dienone is 2. The molecule has 2 aromatic carbocycles. The predicted molar refractivity (Wildman–Crippen MR) is 206 cm³/mol. The zero-order chi connectivity index (χ0) is 38.0. The molecule has 1 saturated heterocycles. The van der Waals surface area contributed by atoms with E-state index in [0.29, 0.717) is 52.8 Å². The van der Waals surface area contributed by atoms with Gasteiger partial charge >= 0.3 is 5.97 Å². The van der Waals surface area contributed by atoms with Gasteiger partial charge in [-0.15, -0.1) is 0 Å². The second-order valence-corrected chi connectivity index (χ2v) is 15.2. The van der Waals surface area contributed by atoms with Gasteiger partial charge in [0.2, 0.25) is 0 Å². The molecule has 0 amide bonds. The Morgan fingerprint density at radius 2 is 1.94 bits per heavy atom. The van der Waals surface area contributed by atoms with Crippen LogP contribution >= 0.6 is 11.6 Å². The van der Waals surface area contributed by atoms with E-state index < -0.39 is 23.0 Å². The molecular weight excluding hydrogens is 692 g/mol. The summed E-state index contributed by atoms with van der Waals surface area (Å²) in [7, 11) is 0. The molecule has 0 saturated carbocycles. The highest BCUT2D eigenvalue weighted by atomic mass is 35.5. The van der Waals surface area contributed by atoms with Crippen molar-refractivity contribution in [2.24, 2.45) is 11.3 Å². The van der Waals surface area contributed by atoms with E-state index in [1.807, 2.05) is 38.1 Å². The molecule has 3 atom stereocenters. The fourth-order valence-corrected chi connectivity index (χ4v) is 7.23. The number of nitriles is 1. The average molecular weight is 743 g/mol. The van der Waals surface area contributed by atoms with Gasteiger partial charge in [-0.05, 0) is 54.5 Å². The predicted octanol–water partition coefficient (Wildman–Crippen LogP) is 7.05. The van der Waals surface area contributed by atoms with Crippen molar-refractivity contribution >= 4 is 23.1 Å².